The van der Waals surface area contributed by atoms with Gasteiger partial charge in [0.05, 0.1) is 5.69 Å². The molecule has 0 atom stereocenters. The van der Waals surface area contributed by atoms with Crippen LogP contribution in [0.2, 0.25) is 0 Å². The van der Waals surface area contributed by atoms with Crippen molar-refractivity contribution in [1.82, 2.24) is 0 Å². The summed E-state index contributed by atoms with van der Waals surface area (Å²) in [4.78, 5) is 2.39. The van der Waals surface area contributed by atoms with E-state index < -0.39 is 0 Å². The first-order valence-electron chi connectivity index (χ1n) is 8.86. The van der Waals surface area contributed by atoms with Gasteiger partial charge in [0, 0.05) is 29.6 Å². The molecule has 0 unspecified atom stereocenters. The molecule has 0 fully saturated rings. The fourth-order valence-corrected chi connectivity index (χ4v) is 4.24. The van der Waals surface area contributed by atoms with Gasteiger partial charge in [-0.3, -0.25) is 0 Å². The molecule has 5 heteroatoms. The van der Waals surface area contributed by atoms with E-state index >= 15 is 0 Å². The molecule has 26 heavy (non-hydrogen) atoms. The zero-order valence-electron chi connectivity index (χ0n) is 14.4. The predicted octanol–water partition coefficient (Wildman–Crippen LogP) is 4.30. The van der Waals surface area contributed by atoms with Gasteiger partial charge in [-0.25, -0.2) is 0 Å². The molecule has 0 aliphatic carbocycles. The first-order valence-corrected chi connectivity index (χ1v) is 8.86. The Kier molecular flexibility index (Phi) is 2.70. The standard InChI is InChI=1S/C21H17NO4/c1-2-22-9-16-13(5-6-17-21(16)26-11-23-17)14-4-3-12-7-18-19(25-10-24-18)8-15(12)20(14)22/h3-8H,2,9-11H2,1H3. The summed E-state index contributed by atoms with van der Waals surface area (Å²) in [7, 11) is 0. The van der Waals surface area contributed by atoms with Crippen LogP contribution in [-0.4, -0.2) is 20.1 Å². The topological polar surface area (TPSA) is 40.2 Å². The van der Waals surface area contributed by atoms with Crippen molar-refractivity contribution in [3.8, 4) is 34.1 Å². The van der Waals surface area contributed by atoms with E-state index in [1.54, 1.807) is 0 Å². The average molecular weight is 347 g/mol. The number of rotatable bonds is 1. The summed E-state index contributed by atoms with van der Waals surface area (Å²) in [6.07, 6.45) is 0. The molecule has 0 amide bonds. The molecule has 130 valence electrons. The van der Waals surface area contributed by atoms with Gasteiger partial charge in [0.2, 0.25) is 13.6 Å². The van der Waals surface area contributed by atoms with Crippen molar-refractivity contribution in [3.05, 3.63) is 42.0 Å². The molecule has 0 aromatic heterocycles. The monoisotopic (exact) mass is 347 g/mol. The summed E-state index contributed by atoms with van der Waals surface area (Å²) in [6, 6.07) is 12.7. The van der Waals surface area contributed by atoms with E-state index in [1.807, 2.05) is 6.07 Å². The van der Waals surface area contributed by atoms with Crippen LogP contribution in [0.15, 0.2) is 36.4 Å². The lowest BCUT2D eigenvalue weighted by molar-refractivity contribution is 0.173. The Morgan fingerprint density at radius 1 is 0.846 bits per heavy atom. The Labute approximate surface area is 150 Å². The number of hydrogen-bond donors (Lipinski definition) is 0. The minimum absolute atomic E-state index is 0.289. The van der Waals surface area contributed by atoms with E-state index in [-0.39, 0.29) is 6.79 Å². The highest BCUT2D eigenvalue weighted by atomic mass is 16.7. The van der Waals surface area contributed by atoms with E-state index in [0.29, 0.717) is 6.79 Å². The van der Waals surface area contributed by atoms with Gasteiger partial charge in [-0.1, -0.05) is 12.1 Å². The maximum atomic E-state index is 5.77. The predicted molar refractivity (Wildman–Crippen MR) is 98.4 cm³/mol. The lowest BCUT2D eigenvalue weighted by atomic mass is 9.89. The van der Waals surface area contributed by atoms with E-state index in [4.69, 9.17) is 18.9 Å². The van der Waals surface area contributed by atoms with Crippen molar-refractivity contribution in [1.29, 1.82) is 0 Å². The Balaban J connectivity index is 1.66. The highest BCUT2D eigenvalue weighted by Crippen LogP contribution is 2.50. The third-order valence-corrected chi connectivity index (χ3v) is 5.46. The Morgan fingerprint density at radius 2 is 1.62 bits per heavy atom. The van der Waals surface area contributed by atoms with Gasteiger partial charge < -0.3 is 23.8 Å². The molecule has 6 rings (SSSR count). The molecule has 0 saturated heterocycles. The number of anilines is 1. The van der Waals surface area contributed by atoms with Gasteiger partial charge in [0.1, 0.15) is 0 Å². The summed E-state index contributed by atoms with van der Waals surface area (Å²) in [5, 5.41) is 2.35. The molecule has 0 radical (unpaired) electrons. The molecule has 5 nitrogen and oxygen atoms in total. The minimum Gasteiger partial charge on any atom is -0.454 e. The zero-order valence-corrected chi connectivity index (χ0v) is 14.4. The van der Waals surface area contributed by atoms with Crippen LogP contribution >= 0.6 is 0 Å². The minimum atomic E-state index is 0.289. The molecule has 0 saturated carbocycles. The molecule has 0 bridgehead atoms. The second-order valence-electron chi connectivity index (χ2n) is 6.73. The average Bonchev–Trinajstić information content (AvgIpc) is 3.33. The number of hydrogen-bond acceptors (Lipinski definition) is 5. The molecule has 3 aromatic rings. The second kappa shape index (κ2) is 4.97. The summed E-state index contributed by atoms with van der Waals surface area (Å²) >= 11 is 0. The van der Waals surface area contributed by atoms with Crippen LogP contribution in [0.1, 0.15) is 12.5 Å². The molecule has 3 aromatic carbocycles. The number of nitrogens with zero attached hydrogens (tertiary/aromatic N) is 1. The Bertz CT molecular complexity index is 1080. The van der Waals surface area contributed by atoms with Gasteiger partial charge in [0.25, 0.3) is 0 Å². The van der Waals surface area contributed by atoms with Crippen molar-refractivity contribution < 1.29 is 18.9 Å². The highest BCUT2D eigenvalue weighted by Gasteiger charge is 2.30. The summed E-state index contributed by atoms with van der Waals surface area (Å²) in [5.41, 5.74) is 4.88. The molecule has 3 aliphatic rings. The van der Waals surface area contributed by atoms with Crippen LogP contribution in [0.25, 0.3) is 21.9 Å². The normalized spacial score (nSPS) is 16.0. The third kappa shape index (κ3) is 1.75. The van der Waals surface area contributed by atoms with Crippen LogP contribution in [0.5, 0.6) is 23.0 Å². The Morgan fingerprint density at radius 3 is 2.50 bits per heavy atom. The van der Waals surface area contributed by atoms with Crippen LogP contribution in [0.4, 0.5) is 5.69 Å². The molecule has 3 heterocycles. The highest BCUT2D eigenvalue weighted by molar-refractivity contribution is 6.05. The number of ether oxygens (including phenoxy) is 4. The van der Waals surface area contributed by atoms with Gasteiger partial charge in [0.15, 0.2) is 23.0 Å². The molecule has 0 spiro atoms. The fraction of sp³-hybridized carbons (Fsp3) is 0.238. The Hall–Kier alpha value is -3.08. The van der Waals surface area contributed by atoms with Crippen molar-refractivity contribution in [2.45, 2.75) is 13.5 Å². The maximum Gasteiger partial charge on any atom is 0.231 e. The van der Waals surface area contributed by atoms with Crippen LogP contribution < -0.4 is 23.8 Å². The lowest BCUT2D eigenvalue weighted by Gasteiger charge is -2.33. The quantitative estimate of drug-likeness (QED) is 0.656. The van der Waals surface area contributed by atoms with Gasteiger partial charge in [-0.15, -0.1) is 0 Å². The maximum absolute atomic E-state index is 5.77. The van der Waals surface area contributed by atoms with Crippen molar-refractivity contribution in [2.75, 3.05) is 25.0 Å². The van der Waals surface area contributed by atoms with E-state index in [2.05, 4.69) is 42.2 Å². The van der Waals surface area contributed by atoms with Crippen molar-refractivity contribution in [2.24, 2.45) is 0 Å². The summed E-state index contributed by atoms with van der Waals surface area (Å²) < 4.78 is 22.5. The molecular weight excluding hydrogens is 330 g/mol. The van der Waals surface area contributed by atoms with Gasteiger partial charge in [-0.05, 0) is 42.1 Å². The zero-order chi connectivity index (χ0) is 17.3. The molecule has 3 aliphatic heterocycles. The first-order chi connectivity index (χ1) is 12.8. The third-order valence-electron chi connectivity index (χ3n) is 5.46. The van der Waals surface area contributed by atoms with E-state index in [1.165, 1.54) is 27.8 Å². The number of fused-ring (bicyclic) bond motifs is 8. The second-order valence-corrected chi connectivity index (χ2v) is 6.73. The van der Waals surface area contributed by atoms with E-state index in [0.717, 1.165) is 41.5 Å². The van der Waals surface area contributed by atoms with Crippen molar-refractivity contribution in [3.63, 3.8) is 0 Å². The van der Waals surface area contributed by atoms with E-state index in [9.17, 15) is 0 Å². The molecule has 0 N–H and O–H groups in total. The first kappa shape index (κ1) is 14.1. The summed E-state index contributed by atoms with van der Waals surface area (Å²) in [6.45, 7) is 4.48. The smallest absolute Gasteiger partial charge is 0.231 e. The largest absolute Gasteiger partial charge is 0.454 e. The molecular formula is C21H17NO4. The fourth-order valence-electron chi connectivity index (χ4n) is 4.24. The van der Waals surface area contributed by atoms with Crippen molar-refractivity contribution >= 4 is 16.5 Å². The SMILES string of the molecule is CCN1Cc2c(ccc3c2OCO3)-c2ccc3cc4c(cc3c21)OCO4. The van der Waals surface area contributed by atoms with Crippen LogP contribution in [0.3, 0.4) is 0 Å². The van der Waals surface area contributed by atoms with Gasteiger partial charge in [-0.2, -0.15) is 0 Å². The van der Waals surface area contributed by atoms with Crippen LogP contribution in [-0.2, 0) is 6.54 Å². The number of benzene rings is 3. The lowest BCUT2D eigenvalue weighted by Crippen LogP contribution is -2.26. The summed E-state index contributed by atoms with van der Waals surface area (Å²) in [5.74, 6) is 3.36. The van der Waals surface area contributed by atoms with Gasteiger partial charge >= 0.3 is 0 Å². The van der Waals surface area contributed by atoms with Crippen LogP contribution in [0, 0.1) is 0 Å².